The van der Waals surface area contributed by atoms with Crippen LogP contribution in [0.25, 0.3) is 0 Å². The zero-order chi connectivity index (χ0) is 22.4. The molecule has 0 N–H and O–H groups in total. The lowest BCUT2D eigenvalue weighted by molar-refractivity contribution is -0.385. The average molecular weight is 429 g/mol. The van der Waals surface area contributed by atoms with Crippen LogP contribution >= 0.6 is 0 Å². The summed E-state index contributed by atoms with van der Waals surface area (Å²) in [5.41, 5.74) is -1.69. The molecule has 0 bridgehead atoms. The van der Waals surface area contributed by atoms with Crippen molar-refractivity contribution in [3.63, 3.8) is 0 Å². The van der Waals surface area contributed by atoms with E-state index in [4.69, 9.17) is 14.2 Å². The number of nitro groups is 1. The Labute approximate surface area is 167 Å². The molecule has 0 radical (unpaired) electrons. The zero-order valence-corrected chi connectivity index (χ0v) is 15.5. The van der Waals surface area contributed by atoms with Crippen LogP contribution in [-0.2, 0) is 4.74 Å². The van der Waals surface area contributed by atoms with Gasteiger partial charge in [0.05, 0.1) is 25.2 Å². The number of halogens is 3. The third kappa shape index (κ3) is 5.16. The molecule has 0 aliphatic carbocycles. The fourth-order valence-electron chi connectivity index (χ4n) is 2.34. The van der Waals surface area contributed by atoms with Crippen LogP contribution in [0.5, 0.6) is 17.2 Å². The van der Waals surface area contributed by atoms with E-state index >= 15 is 0 Å². The number of nitrogens with zero attached hydrogens (tertiary/aromatic N) is 1. The minimum absolute atomic E-state index is 0.0997. The number of rotatable bonds is 9. The highest BCUT2D eigenvalue weighted by atomic mass is 19.3. The molecule has 160 valence electrons. The van der Waals surface area contributed by atoms with Crippen LogP contribution < -0.4 is 14.2 Å². The van der Waals surface area contributed by atoms with Gasteiger partial charge in [-0.15, -0.1) is 0 Å². The van der Waals surface area contributed by atoms with Gasteiger partial charge in [-0.2, -0.15) is 8.78 Å². The van der Waals surface area contributed by atoms with Crippen molar-refractivity contribution in [2.75, 3.05) is 20.8 Å². The molecule has 2 aromatic rings. The van der Waals surface area contributed by atoms with Crippen molar-refractivity contribution in [1.29, 1.82) is 0 Å². The number of ketones is 1. The largest absolute Gasteiger partial charge is 0.494 e. The van der Waals surface area contributed by atoms with Gasteiger partial charge in [0.25, 0.3) is 5.69 Å². The van der Waals surface area contributed by atoms with Crippen molar-refractivity contribution in [1.82, 2.24) is 0 Å². The summed E-state index contributed by atoms with van der Waals surface area (Å²) in [6.45, 7) is -4.15. The fourth-order valence-corrected chi connectivity index (χ4v) is 2.34. The lowest BCUT2D eigenvalue weighted by Gasteiger charge is -2.12. The molecule has 12 heteroatoms. The SMILES string of the molecule is COc1ccc(C(=O)COC(=O)c2cc(OC)c(OC(F)F)cc2[N+](=O)[O-])cc1F. The van der Waals surface area contributed by atoms with Gasteiger partial charge in [0.1, 0.15) is 5.56 Å². The van der Waals surface area contributed by atoms with Crippen LogP contribution in [0.2, 0.25) is 0 Å². The number of Topliss-reactive ketones (excluding diaryl/α,β-unsaturated/α-hetero) is 1. The number of carbonyl (C=O) groups is 2. The van der Waals surface area contributed by atoms with Gasteiger partial charge < -0.3 is 18.9 Å². The van der Waals surface area contributed by atoms with E-state index in [0.29, 0.717) is 6.07 Å². The number of ether oxygens (including phenoxy) is 4. The van der Waals surface area contributed by atoms with Gasteiger partial charge >= 0.3 is 12.6 Å². The van der Waals surface area contributed by atoms with Gasteiger partial charge in [-0.25, -0.2) is 9.18 Å². The maximum absolute atomic E-state index is 13.7. The molecule has 0 atom stereocenters. The summed E-state index contributed by atoms with van der Waals surface area (Å²) in [4.78, 5) is 34.6. The quantitative estimate of drug-likeness (QED) is 0.258. The number of hydrogen-bond donors (Lipinski definition) is 0. The van der Waals surface area contributed by atoms with Crippen molar-refractivity contribution in [2.24, 2.45) is 0 Å². The number of nitro benzene ring substituents is 1. The van der Waals surface area contributed by atoms with Crippen LogP contribution in [-0.4, -0.2) is 44.1 Å². The molecule has 0 saturated heterocycles. The first-order chi connectivity index (χ1) is 14.2. The summed E-state index contributed by atoms with van der Waals surface area (Å²) in [6.07, 6.45) is 0. The lowest BCUT2D eigenvalue weighted by Crippen LogP contribution is -2.16. The number of esters is 1. The van der Waals surface area contributed by atoms with Gasteiger partial charge in [-0.05, 0) is 18.2 Å². The Hall–Kier alpha value is -3.83. The van der Waals surface area contributed by atoms with Gasteiger partial charge in [0, 0.05) is 11.6 Å². The highest BCUT2D eigenvalue weighted by molar-refractivity contribution is 6.00. The molecule has 0 aliphatic heterocycles. The van der Waals surface area contributed by atoms with E-state index in [1.807, 2.05) is 0 Å². The molecule has 0 aliphatic rings. The third-order valence-electron chi connectivity index (χ3n) is 3.72. The van der Waals surface area contributed by atoms with Crippen molar-refractivity contribution in [2.45, 2.75) is 6.61 Å². The first-order valence-corrected chi connectivity index (χ1v) is 8.03. The second-order valence-electron chi connectivity index (χ2n) is 5.50. The van der Waals surface area contributed by atoms with E-state index < -0.39 is 58.5 Å². The van der Waals surface area contributed by atoms with Gasteiger partial charge in [-0.1, -0.05) is 0 Å². The average Bonchev–Trinajstić information content (AvgIpc) is 2.70. The van der Waals surface area contributed by atoms with Gasteiger partial charge in [-0.3, -0.25) is 14.9 Å². The first kappa shape index (κ1) is 22.5. The molecular formula is C18H14F3NO8. The second-order valence-corrected chi connectivity index (χ2v) is 5.50. The second kappa shape index (κ2) is 9.58. The Morgan fingerprint density at radius 3 is 2.27 bits per heavy atom. The van der Waals surface area contributed by atoms with Crippen LogP contribution in [0.15, 0.2) is 30.3 Å². The van der Waals surface area contributed by atoms with E-state index in [0.717, 1.165) is 19.2 Å². The predicted octanol–water partition coefficient (Wildman–Crippen LogP) is 3.39. The Bertz CT molecular complexity index is 980. The Balaban J connectivity index is 2.24. The Kier molecular flexibility index (Phi) is 7.17. The summed E-state index contributed by atoms with van der Waals surface area (Å²) in [5, 5.41) is 11.2. The van der Waals surface area contributed by atoms with Crippen LogP contribution in [0.4, 0.5) is 18.9 Å². The van der Waals surface area contributed by atoms with E-state index in [-0.39, 0.29) is 11.3 Å². The molecule has 9 nitrogen and oxygen atoms in total. The smallest absolute Gasteiger partial charge is 0.387 e. The van der Waals surface area contributed by atoms with Crippen molar-refractivity contribution in [3.8, 4) is 17.2 Å². The number of benzene rings is 2. The van der Waals surface area contributed by atoms with Crippen molar-refractivity contribution < 1.29 is 46.6 Å². The first-order valence-electron chi connectivity index (χ1n) is 8.03. The number of carbonyl (C=O) groups excluding carboxylic acids is 2. The Morgan fingerprint density at radius 1 is 1.07 bits per heavy atom. The van der Waals surface area contributed by atoms with Gasteiger partial charge in [0.2, 0.25) is 0 Å². The Morgan fingerprint density at radius 2 is 1.73 bits per heavy atom. The standard InChI is InChI=1S/C18H14F3NO8/c1-27-14-4-3-9(5-11(14)19)13(23)8-29-17(24)10-6-15(28-2)16(30-18(20)21)7-12(10)22(25)26/h3-7,18H,8H2,1-2H3. The van der Waals surface area contributed by atoms with Crippen molar-refractivity contribution in [3.05, 3.63) is 57.4 Å². The van der Waals surface area contributed by atoms with Crippen LogP contribution in [0.3, 0.4) is 0 Å². The zero-order valence-electron chi connectivity index (χ0n) is 15.5. The molecule has 0 spiro atoms. The molecule has 2 aromatic carbocycles. The van der Waals surface area contributed by atoms with E-state index in [1.54, 1.807) is 0 Å². The monoisotopic (exact) mass is 429 g/mol. The van der Waals surface area contributed by atoms with Crippen LogP contribution in [0.1, 0.15) is 20.7 Å². The molecule has 0 fully saturated rings. The van der Waals surface area contributed by atoms with E-state index in [2.05, 4.69) is 4.74 Å². The lowest BCUT2D eigenvalue weighted by atomic mass is 10.1. The molecule has 30 heavy (non-hydrogen) atoms. The highest BCUT2D eigenvalue weighted by Crippen LogP contribution is 2.36. The molecule has 0 saturated carbocycles. The topological polar surface area (TPSA) is 114 Å². The summed E-state index contributed by atoms with van der Waals surface area (Å²) in [7, 11) is 2.30. The molecule has 2 rings (SSSR count). The van der Waals surface area contributed by atoms with Crippen molar-refractivity contribution >= 4 is 17.4 Å². The fraction of sp³-hybridized carbons (Fsp3) is 0.222. The summed E-state index contributed by atoms with van der Waals surface area (Å²) >= 11 is 0. The molecule has 0 aromatic heterocycles. The predicted molar refractivity (Wildman–Crippen MR) is 93.8 cm³/mol. The van der Waals surface area contributed by atoms with E-state index in [9.17, 15) is 32.9 Å². The third-order valence-corrected chi connectivity index (χ3v) is 3.72. The highest BCUT2D eigenvalue weighted by Gasteiger charge is 2.27. The van der Waals surface area contributed by atoms with Crippen LogP contribution in [0, 0.1) is 15.9 Å². The normalized spacial score (nSPS) is 10.5. The number of hydrogen-bond acceptors (Lipinski definition) is 8. The molecular weight excluding hydrogens is 415 g/mol. The molecule has 0 unspecified atom stereocenters. The van der Waals surface area contributed by atoms with E-state index in [1.165, 1.54) is 19.2 Å². The minimum atomic E-state index is -3.29. The number of methoxy groups -OCH3 is 2. The maximum Gasteiger partial charge on any atom is 0.387 e. The molecule has 0 amide bonds. The summed E-state index contributed by atoms with van der Waals surface area (Å²) in [6, 6.07) is 4.65. The maximum atomic E-state index is 13.7. The minimum Gasteiger partial charge on any atom is -0.494 e. The van der Waals surface area contributed by atoms with Gasteiger partial charge in [0.15, 0.2) is 35.5 Å². The number of alkyl halides is 2. The summed E-state index contributed by atoms with van der Waals surface area (Å²) < 4.78 is 57.0. The molecule has 0 heterocycles. The summed E-state index contributed by atoms with van der Waals surface area (Å²) in [5.74, 6) is -4.07.